The fraction of sp³-hybridized carbons (Fsp3) is 0.333. The van der Waals surface area contributed by atoms with Crippen molar-refractivity contribution >= 4 is 11.9 Å². The Kier molecular flexibility index (Phi) is 6.01. The van der Waals surface area contributed by atoms with Gasteiger partial charge in [0.15, 0.2) is 0 Å². The molecule has 0 aliphatic carbocycles. The van der Waals surface area contributed by atoms with Crippen LogP contribution in [0.3, 0.4) is 0 Å². The molecular weight excluding hydrogens is 310 g/mol. The van der Waals surface area contributed by atoms with E-state index in [4.69, 9.17) is 13.9 Å². The van der Waals surface area contributed by atoms with Crippen LogP contribution in [-0.2, 0) is 16.1 Å². The van der Waals surface area contributed by atoms with Gasteiger partial charge in [0, 0.05) is 12.1 Å². The molecule has 0 aliphatic heterocycles. The third-order valence-corrected chi connectivity index (χ3v) is 3.63. The van der Waals surface area contributed by atoms with Crippen molar-refractivity contribution in [1.29, 1.82) is 0 Å². The van der Waals surface area contributed by atoms with Crippen molar-refractivity contribution < 1.29 is 23.5 Å². The van der Waals surface area contributed by atoms with Gasteiger partial charge in [0.2, 0.25) is 0 Å². The molecular formula is C18H21NO5. The Morgan fingerprint density at radius 2 is 2.00 bits per heavy atom. The minimum absolute atomic E-state index is 0.207. The molecule has 0 N–H and O–H groups in total. The van der Waals surface area contributed by atoms with Crippen LogP contribution < -0.4 is 4.74 Å². The van der Waals surface area contributed by atoms with Crippen LogP contribution in [0.25, 0.3) is 0 Å². The highest BCUT2D eigenvalue weighted by Crippen LogP contribution is 2.17. The third-order valence-electron chi connectivity index (χ3n) is 3.63. The highest BCUT2D eigenvalue weighted by Gasteiger charge is 2.23. The van der Waals surface area contributed by atoms with Crippen LogP contribution in [0.1, 0.15) is 23.0 Å². The average molecular weight is 331 g/mol. The molecule has 0 spiro atoms. The zero-order chi connectivity index (χ0) is 17.5. The van der Waals surface area contributed by atoms with Gasteiger partial charge in [0.1, 0.15) is 11.5 Å². The van der Waals surface area contributed by atoms with E-state index in [0.717, 1.165) is 0 Å². The van der Waals surface area contributed by atoms with Gasteiger partial charge in [-0.05, 0) is 30.3 Å². The molecule has 1 unspecified atom stereocenters. The zero-order valence-corrected chi connectivity index (χ0v) is 14.0. The first-order valence-electron chi connectivity index (χ1n) is 7.58. The predicted octanol–water partition coefficient (Wildman–Crippen LogP) is 2.74. The molecule has 6 nitrogen and oxygen atoms in total. The summed E-state index contributed by atoms with van der Waals surface area (Å²) >= 11 is 0. The quantitative estimate of drug-likeness (QED) is 0.730. The van der Waals surface area contributed by atoms with Gasteiger partial charge in [-0.2, -0.15) is 0 Å². The number of carbonyl (C=O) groups is 2. The summed E-state index contributed by atoms with van der Waals surface area (Å²) in [7, 11) is 2.88. The second-order valence-electron chi connectivity index (χ2n) is 5.42. The van der Waals surface area contributed by atoms with Crippen LogP contribution in [0, 0.1) is 5.92 Å². The Balaban J connectivity index is 2.22. The maximum Gasteiger partial charge on any atom is 0.310 e. The first-order valence-corrected chi connectivity index (χ1v) is 7.58. The van der Waals surface area contributed by atoms with Gasteiger partial charge in [0.25, 0.3) is 5.91 Å². The lowest BCUT2D eigenvalue weighted by Gasteiger charge is -2.24. The molecule has 24 heavy (non-hydrogen) atoms. The number of nitrogens with zero attached hydrogens (tertiary/aromatic N) is 1. The molecule has 0 saturated carbocycles. The Hall–Kier alpha value is -2.76. The predicted molar refractivity (Wildman–Crippen MR) is 87.6 cm³/mol. The Labute approximate surface area is 141 Å². The number of benzene rings is 1. The maximum atomic E-state index is 12.9. The molecule has 0 bridgehead atoms. The Morgan fingerprint density at radius 1 is 1.21 bits per heavy atom. The molecule has 0 saturated heterocycles. The second-order valence-corrected chi connectivity index (χ2v) is 5.42. The minimum atomic E-state index is -0.445. The van der Waals surface area contributed by atoms with E-state index in [1.165, 1.54) is 7.11 Å². The fourth-order valence-corrected chi connectivity index (χ4v) is 2.35. The number of amides is 1. The Bertz CT molecular complexity index is 680. The first kappa shape index (κ1) is 17.6. The fourth-order valence-electron chi connectivity index (χ4n) is 2.35. The van der Waals surface area contributed by atoms with Crippen molar-refractivity contribution in [2.24, 2.45) is 5.92 Å². The molecule has 6 heteroatoms. The highest BCUT2D eigenvalue weighted by atomic mass is 16.5. The molecule has 0 radical (unpaired) electrons. The van der Waals surface area contributed by atoms with E-state index < -0.39 is 5.92 Å². The van der Waals surface area contributed by atoms with Crippen LogP contribution in [0.5, 0.6) is 5.75 Å². The SMILES string of the molecule is COC(=O)C(C)CN(Cc1ccco1)C(=O)c1cccc(OC)c1. The summed E-state index contributed by atoms with van der Waals surface area (Å²) in [6.45, 7) is 2.22. The van der Waals surface area contributed by atoms with Crippen molar-refractivity contribution in [3.63, 3.8) is 0 Å². The normalized spacial score (nSPS) is 11.6. The van der Waals surface area contributed by atoms with Gasteiger partial charge in [-0.1, -0.05) is 13.0 Å². The lowest BCUT2D eigenvalue weighted by atomic mass is 10.1. The van der Waals surface area contributed by atoms with Gasteiger partial charge in [-0.15, -0.1) is 0 Å². The van der Waals surface area contributed by atoms with Crippen LogP contribution in [-0.4, -0.2) is 37.5 Å². The lowest BCUT2D eigenvalue weighted by molar-refractivity contribution is -0.145. The molecule has 1 aromatic carbocycles. The standard InChI is InChI=1S/C18H21NO5/c1-13(18(21)23-3)11-19(12-16-8-5-9-24-16)17(20)14-6-4-7-15(10-14)22-2/h4-10,13H,11-12H2,1-3H3. The lowest BCUT2D eigenvalue weighted by Crippen LogP contribution is -2.36. The summed E-state index contributed by atoms with van der Waals surface area (Å²) in [6.07, 6.45) is 1.55. The molecule has 2 aromatic rings. The number of rotatable bonds is 7. The zero-order valence-electron chi connectivity index (χ0n) is 14.0. The number of methoxy groups -OCH3 is 2. The van der Waals surface area contributed by atoms with Crippen LogP contribution in [0.15, 0.2) is 47.1 Å². The van der Waals surface area contributed by atoms with Gasteiger partial charge in [-0.3, -0.25) is 9.59 Å². The van der Waals surface area contributed by atoms with E-state index in [1.807, 2.05) is 0 Å². The van der Waals surface area contributed by atoms with Crippen LogP contribution >= 0.6 is 0 Å². The topological polar surface area (TPSA) is 69.0 Å². The molecule has 1 atom stereocenters. The number of ether oxygens (including phenoxy) is 2. The molecule has 2 rings (SSSR count). The number of hydrogen-bond acceptors (Lipinski definition) is 5. The molecule has 1 amide bonds. The summed E-state index contributed by atoms with van der Waals surface area (Å²) < 4.78 is 15.2. The molecule has 128 valence electrons. The summed E-state index contributed by atoms with van der Waals surface area (Å²) in [5.41, 5.74) is 0.484. The van der Waals surface area contributed by atoms with Crippen molar-refractivity contribution in [3.8, 4) is 5.75 Å². The summed E-state index contributed by atoms with van der Waals surface area (Å²) in [5.74, 6) is 0.224. The minimum Gasteiger partial charge on any atom is -0.497 e. The van der Waals surface area contributed by atoms with E-state index in [1.54, 1.807) is 61.6 Å². The van der Waals surface area contributed by atoms with Gasteiger partial charge in [-0.25, -0.2) is 0 Å². The average Bonchev–Trinajstić information content (AvgIpc) is 3.12. The monoisotopic (exact) mass is 331 g/mol. The largest absolute Gasteiger partial charge is 0.497 e. The second kappa shape index (κ2) is 8.19. The van der Waals surface area contributed by atoms with E-state index in [9.17, 15) is 9.59 Å². The number of carbonyl (C=O) groups excluding carboxylic acids is 2. The number of esters is 1. The molecule has 0 fully saturated rings. The van der Waals surface area contributed by atoms with Crippen LogP contribution in [0.4, 0.5) is 0 Å². The third kappa shape index (κ3) is 4.38. The van der Waals surface area contributed by atoms with Crippen molar-refractivity contribution in [3.05, 3.63) is 54.0 Å². The summed E-state index contributed by atoms with van der Waals surface area (Å²) in [4.78, 5) is 26.1. The van der Waals surface area contributed by atoms with Gasteiger partial charge >= 0.3 is 5.97 Å². The highest BCUT2D eigenvalue weighted by molar-refractivity contribution is 5.94. The summed E-state index contributed by atoms with van der Waals surface area (Å²) in [6, 6.07) is 10.4. The van der Waals surface area contributed by atoms with Gasteiger partial charge < -0.3 is 18.8 Å². The number of furan rings is 1. The first-order chi connectivity index (χ1) is 11.5. The van der Waals surface area contributed by atoms with Crippen molar-refractivity contribution in [1.82, 2.24) is 4.90 Å². The molecule has 1 heterocycles. The Morgan fingerprint density at radius 3 is 2.62 bits per heavy atom. The van der Waals surface area contributed by atoms with Gasteiger partial charge in [0.05, 0.1) is 32.9 Å². The van der Waals surface area contributed by atoms with E-state index in [-0.39, 0.29) is 25.0 Å². The van der Waals surface area contributed by atoms with Crippen molar-refractivity contribution in [2.75, 3.05) is 20.8 Å². The maximum absolute atomic E-state index is 12.9. The van der Waals surface area contributed by atoms with Crippen molar-refractivity contribution in [2.45, 2.75) is 13.5 Å². The molecule has 0 aliphatic rings. The molecule has 1 aromatic heterocycles. The van der Waals surface area contributed by atoms with Crippen LogP contribution in [0.2, 0.25) is 0 Å². The number of hydrogen-bond donors (Lipinski definition) is 0. The van der Waals surface area contributed by atoms with E-state index in [0.29, 0.717) is 17.1 Å². The van der Waals surface area contributed by atoms with E-state index >= 15 is 0 Å². The van der Waals surface area contributed by atoms with E-state index in [2.05, 4.69) is 0 Å². The summed E-state index contributed by atoms with van der Waals surface area (Å²) in [5, 5.41) is 0. The smallest absolute Gasteiger partial charge is 0.310 e.